The van der Waals surface area contributed by atoms with Gasteiger partial charge in [-0.15, -0.1) is 0 Å². The molecule has 2 N–H and O–H groups in total. The van der Waals surface area contributed by atoms with Crippen LogP contribution in [0.2, 0.25) is 5.02 Å². The lowest BCUT2D eigenvalue weighted by atomic mass is 9.72. The molecule has 1 saturated heterocycles. The molecule has 1 fully saturated rings. The molecule has 1 aliphatic heterocycles. The Morgan fingerprint density at radius 2 is 2.13 bits per heavy atom. The first-order valence-corrected chi connectivity index (χ1v) is 8.40. The Bertz CT molecular complexity index is 525. The predicted molar refractivity (Wildman–Crippen MR) is 88.1 cm³/mol. The maximum absolute atomic E-state index is 12.6. The highest BCUT2D eigenvalue weighted by atomic mass is 35.5. The van der Waals surface area contributed by atoms with Gasteiger partial charge in [0.1, 0.15) is 6.04 Å². The van der Waals surface area contributed by atoms with Crippen molar-refractivity contribution < 1.29 is 13.2 Å². The van der Waals surface area contributed by atoms with E-state index in [4.69, 9.17) is 11.6 Å². The summed E-state index contributed by atoms with van der Waals surface area (Å²) in [5.41, 5.74) is 2.03. The SMILES string of the molecule is Cc1cc([C@@]2(CCN[C@@H](C)C(F)(F)F)CCCNC2)ccc1Cl. The summed E-state index contributed by atoms with van der Waals surface area (Å²) in [6.07, 6.45) is -1.53. The quantitative estimate of drug-likeness (QED) is 0.833. The molecule has 6 heteroatoms. The lowest BCUT2D eigenvalue weighted by molar-refractivity contribution is -0.151. The van der Waals surface area contributed by atoms with Gasteiger partial charge in [0, 0.05) is 17.0 Å². The molecule has 130 valence electrons. The Hall–Kier alpha value is -0.780. The Morgan fingerprint density at radius 3 is 2.70 bits per heavy atom. The first-order chi connectivity index (χ1) is 10.7. The Kier molecular flexibility index (Phi) is 5.98. The van der Waals surface area contributed by atoms with E-state index >= 15 is 0 Å². The minimum atomic E-state index is -4.20. The van der Waals surface area contributed by atoms with Crippen molar-refractivity contribution in [3.63, 3.8) is 0 Å². The summed E-state index contributed by atoms with van der Waals surface area (Å²) in [4.78, 5) is 0. The van der Waals surface area contributed by atoms with Gasteiger partial charge in [0.2, 0.25) is 0 Å². The average Bonchev–Trinajstić information content (AvgIpc) is 2.50. The zero-order valence-electron chi connectivity index (χ0n) is 13.6. The normalized spacial score (nSPS) is 23.7. The third-order valence-corrected chi connectivity index (χ3v) is 5.21. The summed E-state index contributed by atoms with van der Waals surface area (Å²) in [6, 6.07) is 4.48. The zero-order chi connectivity index (χ0) is 17.1. The van der Waals surface area contributed by atoms with Crippen LogP contribution < -0.4 is 10.6 Å². The van der Waals surface area contributed by atoms with Gasteiger partial charge >= 0.3 is 6.18 Å². The minimum Gasteiger partial charge on any atom is -0.316 e. The van der Waals surface area contributed by atoms with E-state index in [1.807, 2.05) is 19.1 Å². The number of alkyl halides is 3. The second-order valence-electron chi connectivity index (χ2n) is 6.49. The van der Waals surface area contributed by atoms with Crippen molar-refractivity contribution in [3.8, 4) is 0 Å². The van der Waals surface area contributed by atoms with E-state index in [-0.39, 0.29) is 5.41 Å². The molecule has 1 aromatic carbocycles. The Labute approximate surface area is 140 Å². The highest BCUT2D eigenvalue weighted by Gasteiger charge is 2.37. The van der Waals surface area contributed by atoms with Gasteiger partial charge in [-0.2, -0.15) is 13.2 Å². The summed E-state index contributed by atoms with van der Waals surface area (Å²) in [5.74, 6) is 0. The lowest BCUT2D eigenvalue weighted by Crippen LogP contribution is -2.47. The van der Waals surface area contributed by atoms with Crippen molar-refractivity contribution >= 4 is 11.6 Å². The molecular weight excluding hydrogens is 325 g/mol. The Morgan fingerprint density at radius 1 is 1.39 bits per heavy atom. The molecule has 0 bridgehead atoms. The molecule has 23 heavy (non-hydrogen) atoms. The molecule has 0 radical (unpaired) electrons. The first kappa shape index (κ1) is 18.6. The summed E-state index contributed by atoms with van der Waals surface area (Å²) < 4.78 is 37.9. The van der Waals surface area contributed by atoms with Crippen molar-refractivity contribution in [3.05, 3.63) is 34.3 Å². The molecule has 0 spiro atoms. The van der Waals surface area contributed by atoms with Gasteiger partial charge in [0.25, 0.3) is 0 Å². The Balaban J connectivity index is 2.11. The largest absolute Gasteiger partial charge is 0.403 e. The van der Waals surface area contributed by atoms with E-state index in [0.29, 0.717) is 13.0 Å². The van der Waals surface area contributed by atoms with Gasteiger partial charge in [-0.25, -0.2) is 0 Å². The summed E-state index contributed by atoms with van der Waals surface area (Å²) in [6.45, 7) is 5.21. The van der Waals surface area contributed by atoms with Crippen LogP contribution in [0.3, 0.4) is 0 Å². The standard InChI is InChI=1S/C17H24ClF3N2/c1-12-10-14(4-5-15(12)18)16(6-3-8-22-11-16)7-9-23-13(2)17(19,20)21/h4-5,10,13,22-23H,3,6-9,11H2,1-2H3/t13-,16+/m0/s1. The van der Waals surface area contributed by atoms with Crippen LogP contribution in [0.15, 0.2) is 18.2 Å². The van der Waals surface area contributed by atoms with Crippen molar-refractivity contribution in [2.24, 2.45) is 0 Å². The number of nitrogens with one attached hydrogen (secondary N) is 2. The maximum Gasteiger partial charge on any atom is 0.403 e. The van der Waals surface area contributed by atoms with Crippen molar-refractivity contribution in [2.45, 2.75) is 50.7 Å². The van der Waals surface area contributed by atoms with Gasteiger partial charge in [-0.3, -0.25) is 0 Å². The summed E-state index contributed by atoms with van der Waals surface area (Å²) in [7, 11) is 0. The molecule has 2 atom stereocenters. The number of hydrogen-bond donors (Lipinski definition) is 2. The van der Waals surface area contributed by atoms with Crippen LogP contribution in [0.4, 0.5) is 13.2 Å². The van der Waals surface area contributed by atoms with E-state index < -0.39 is 12.2 Å². The molecule has 0 aliphatic carbocycles. The fourth-order valence-corrected chi connectivity index (χ4v) is 3.31. The van der Waals surface area contributed by atoms with Gasteiger partial charge in [-0.05, 0) is 63.4 Å². The predicted octanol–water partition coefficient (Wildman–Crippen LogP) is 4.20. The van der Waals surface area contributed by atoms with Crippen LogP contribution in [-0.4, -0.2) is 31.9 Å². The molecule has 0 saturated carbocycles. The van der Waals surface area contributed by atoms with Crippen LogP contribution >= 0.6 is 11.6 Å². The van der Waals surface area contributed by atoms with Crippen LogP contribution in [0.1, 0.15) is 37.3 Å². The zero-order valence-corrected chi connectivity index (χ0v) is 14.3. The van der Waals surface area contributed by atoms with E-state index in [9.17, 15) is 13.2 Å². The minimum absolute atomic E-state index is 0.133. The molecule has 0 unspecified atom stereocenters. The number of aryl methyl sites for hydroxylation is 1. The number of rotatable bonds is 5. The van der Waals surface area contributed by atoms with E-state index in [1.54, 1.807) is 0 Å². The molecule has 1 heterocycles. The van der Waals surface area contributed by atoms with Gasteiger partial charge in [0.05, 0.1) is 0 Å². The van der Waals surface area contributed by atoms with Gasteiger partial charge < -0.3 is 10.6 Å². The monoisotopic (exact) mass is 348 g/mol. The lowest BCUT2D eigenvalue weighted by Gasteiger charge is -2.39. The smallest absolute Gasteiger partial charge is 0.316 e. The molecule has 2 nitrogen and oxygen atoms in total. The third kappa shape index (κ3) is 4.61. The highest BCUT2D eigenvalue weighted by molar-refractivity contribution is 6.31. The average molecular weight is 349 g/mol. The van der Waals surface area contributed by atoms with Crippen LogP contribution in [-0.2, 0) is 5.41 Å². The fourth-order valence-electron chi connectivity index (χ4n) is 3.19. The number of halogens is 4. The first-order valence-electron chi connectivity index (χ1n) is 8.02. The van der Waals surface area contributed by atoms with Crippen molar-refractivity contribution in [1.29, 1.82) is 0 Å². The second-order valence-corrected chi connectivity index (χ2v) is 6.90. The fraction of sp³-hybridized carbons (Fsp3) is 0.647. The number of benzene rings is 1. The maximum atomic E-state index is 12.6. The third-order valence-electron chi connectivity index (χ3n) is 4.79. The molecule has 0 aromatic heterocycles. The van der Waals surface area contributed by atoms with Gasteiger partial charge in [0.15, 0.2) is 0 Å². The highest BCUT2D eigenvalue weighted by Crippen LogP contribution is 2.36. The van der Waals surface area contributed by atoms with Crippen molar-refractivity contribution in [2.75, 3.05) is 19.6 Å². The molecule has 1 aliphatic rings. The molecule has 1 aromatic rings. The van der Waals surface area contributed by atoms with Crippen molar-refractivity contribution in [1.82, 2.24) is 10.6 Å². The number of hydrogen-bond acceptors (Lipinski definition) is 2. The van der Waals surface area contributed by atoms with E-state index in [2.05, 4.69) is 16.7 Å². The molecule has 0 amide bonds. The molecular formula is C17H24ClF3N2. The summed E-state index contributed by atoms with van der Waals surface area (Å²) in [5, 5.41) is 6.72. The summed E-state index contributed by atoms with van der Waals surface area (Å²) >= 11 is 6.11. The van der Waals surface area contributed by atoms with Crippen LogP contribution in [0.25, 0.3) is 0 Å². The van der Waals surface area contributed by atoms with Crippen LogP contribution in [0, 0.1) is 6.92 Å². The second kappa shape index (κ2) is 7.41. The van der Waals surface area contributed by atoms with Gasteiger partial charge in [-0.1, -0.05) is 23.7 Å². The van der Waals surface area contributed by atoms with Crippen LogP contribution in [0.5, 0.6) is 0 Å². The number of piperidine rings is 1. The van der Waals surface area contributed by atoms with E-state index in [0.717, 1.165) is 49.0 Å². The topological polar surface area (TPSA) is 24.1 Å². The van der Waals surface area contributed by atoms with E-state index in [1.165, 1.54) is 0 Å². The molecule has 2 rings (SSSR count).